The molecule has 17 atom stereocenters. The molecule has 0 aromatic rings. The smallest absolute Gasteiger partial charge is 0.303 e. The number of carbonyl (C=O) groups excluding carboxylic acids is 1. The lowest BCUT2D eigenvalue weighted by Gasteiger charge is -2.63. The largest absolute Gasteiger partial charge is 0.457 e. The van der Waals surface area contributed by atoms with Crippen LogP contribution in [-0.4, -0.2) is 106 Å². The average Bonchev–Trinajstić information content (AvgIpc) is 3.67. The zero-order valence-electron chi connectivity index (χ0n) is 31.0. The lowest BCUT2D eigenvalue weighted by Crippen LogP contribution is -2.62. The average molecular weight is 695 g/mol. The van der Waals surface area contributed by atoms with Crippen molar-refractivity contribution in [3.8, 4) is 0 Å². The lowest BCUT2D eigenvalue weighted by atomic mass is 9.41. The van der Waals surface area contributed by atoms with Crippen molar-refractivity contribution in [2.45, 2.75) is 167 Å². The minimum atomic E-state index is -1.80. The predicted molar refractivity (Wildman–Crippen MR) is 177 cm³/mol. The van der Waals surface area contributed by atoms with Crippen LogP contribution in [0.1, 0.15) is 107 Å². The molecule has 49 heavy (non-hydrogen) atoms. The Bertz CT molecular complexity index is 1320. The number of aliphatic hydroxyl groups is 5. The highest BCUT2D eigenvalue weighted by atomic mass is 16.7. The summed E-state index contributed by atoms with van der Waals surface area (Å²) in [4.78, 5) is 12.2. The Hall–Kier alpha value is -0.890. The van der Waals surface area contributed by atoms with Crippen molar-refractivity contribution in [1.29, 1.82) is 0 Å². The number of ether oxygens (including phenoxy) is 5. The molecule has 0 aromatic carbocycles. The molecule has 5 aliphatic carbocycles. The van der Waals surface area contributed by atoms with Gasteiger partial charge in [-0.2, -0.15) is 0 Å². The van der Waals surface area contributed by atoms with Crippen molar-refractivity contribution in [1.82, 2.24) is 0 Å². The zero-order valence-corrected chi connectivity index (χ0v) is 31.0. The first-order valence-electron chi connectivity index (χ1n) is 18.8. The Kier molecular flexibility index (Phi) is 8.42. The third-order valence-corrected chi connectivity index (χ3v) is 16.4. The first kappa shape index (κ1) is 36.5. The summed E-state index contributed by atoms with van der Waals surface area (Å²) in [6.45, 7) is 16.2. The van der Waals surface area contributed by atoms with E-state index in [4.69, 9.17) is 23.7 Å². The molecule has 7 fully saturated rings. The number of rotatable bonds is 6. The summed E-state index contributed by atoms with van der Waals surface area (Å²) < 4.78 is 30.4. The molecule has 11 heteroatoms. The highest BCUT2D eigenvalue weighted by Crippen LogP contribution is 2.89. The minimum absolute atomic E-state index is 0.00185. The second-order valence-electron chi connectivity index (χ2n) is 18.9. The van der Waals surface area contributed by atoms with Gasteiger partial charge in [0.05, 0.1) is 12.7 Å². The van der Waals surface area contributed by atoms with Crippen LogP contribution in [0.3, 0.4) is 0 Å². The van der Waals surface area contributed by atoms with E-state index in [2.05, 4.69) is 34.6 Å². The maximum Gasteiger partial charge on any atom is 0.303 e. The summed E-state index contributed by atoms with van der Waals surface area (Å²) in [6, 6.07) is 0. The maximum atomic E-state index is 12.7. The molecule has 7 rings (SSSR count). The van der Waals surface area contributed by atoms with Gasteiger partial charge in [-0.25, -0.2) is 0 Å². The van der Waals surface area contributed by atoms with Gasteiger partial charge in [-0.3, -0.25) is 4.79 Å². The van der Waals surface area contributed by atoms with E-state index in [9.17, 15) is 30.3 Å². The highest BCUT2D eigenvalue weighted by molar-refractivity contribution is 5.66. The molecule has 17 unspecified atom stereocenters. The molecule has 2 heterocycles. The van der Waals surface area contributed by atoms with Gasteiger partial charge < -0.3 is 49.2 Å². The number of fused-ring (bicyclic) bond motifs is 4. The maximum absolute atomic E-state index is 12.7. The molecule has 7 aliphatic rings. The van der Waals surface area contributed by atoms with Crippen molar-refractivity contribution in [3.05, 3.63) is 0 Å². The molecule has 0 radical (unpaired) electrons. The molecular weight excluding hydrogens is 632 g/mol. The summed E-state index contributed by atoms with van der Waals surface area (Å²) in [7, 11) is 1.58. The Morgan fingerprint density at radius 3 is 2.24 bits per heavy atom. The van der Waals surface area contributed by atoms with Gasteiger partial charge in [0.15, 0.2) is 18.2 Å². The topological polar surface area (TPSA) is 164 Å². The lowest BCUT2D eigenvalue weighted by molar-refractivity contribution is -0.343. The van der Waals surface area contributed by atoms with Gasteiger partial charge in [0, 0.05) is 25.4 Å². The molecule has 280 valence electrons. The Balaban J connectivity index is 1.17. The molecule has 0 bridgehead atoms. The van der Waals surface area contributed by atoms with Gasteiger partial charge in [0.2, 0.25) is 0 Å². The molecule has 2 saturated heterocycles. The fourth-order valence-electron chi connectivity index (χ4n) is 13.9. The third-order valence-electron chi connectivity index (χ3n) is 16.4. The number of hydrogen-bond donors (Lipinski definition) is 5. The normalized spacial score (nSPS) is 55.2. The Labute approximate surface area is 291 Å². The van der Waals surface area contributed by atoms with E-state index in [-0.39, 0.29) is 52.1 Å². The molecule has 5 saturated carbocycles. The van der Waals surface area contributed by atoms with Crippen molar-refractivity contribution < 1.29 is 54.0 Å². The molecular formula is C38H62O11. The quantitative estimate of drug-likeness (QED) is 0.205. The van der Waals surface area contributed by atoms with E-state index in [0.29, 0.717) is 12.3 Å². The third kappa shape index (κ3) is 4.62. The summed E-state index contributed by atoms with van der Waals surface area (Å²) in [6.07, 6.45) is -0.246. The number of esters is 1. The van der Waals surface area contributed by atoms with Crippen LogP contribution >= 0.6 is 0 Å². The van der Waals surface area contributed by atoms with E-state index in [0.717, 1.165) is 44.9 Å². The van der Waals surface area contributed by atoms with Crippen LogP contribution in [0.25, 0.3) is 0 Å². The van der Waals surface area contributed by atoms with Crippen LogP contribution in [0.2, 0.25) is 0 Å². The fraction of sp³-hybridized carbons (Fsp3) is 0.974. The van der Waals surface area contributed by atoms with Crippen LogP contribution in [0.4, 0.5) is 0 Å². The summed E-state index contributed by atoms with van der Waals surface area (Å²) in [5, 5.41) is 56.2. The van der Waals surface area contributed by atoms with Gasteiger partial charge in [-0.05, 0) is 105 Å². The Morgan fingerprint density at radius 1 is 0.939 bits per heavy atom. The van der Waals surface area contributed by atoms with Crippen LogP contribution < -0.4 is 0 Å². The van der Waals surface area contributed by atoms with Gasteiger partial charge >= 0.3 is 5.97 Å². The number of methoxy groups -OCH3 is 1. The van der Waals surface area contributed by atoms with Gasteiger partial charge in [-0.15, -0.1) is 0 Å². The van der Waals surface area contributed by atoms with Crippen LogP contribution in [0.5, 0.6) is 0 Å². The minimum Gasteiger partial charge on any atom is -0.457 e. The molecule has 0 amide bonds. The number of hydrogen-bond acceptors (Lipinski definition) is 11. The SMILES string of the molecule is COC(C)(C)C(OC(C)=O)C1CC(C)C2C(O)(O1)C(O)C1(C)C3CCC4C(C)(C)C(OC5OCC(O)C(O)C5O)CCC45CC35CCC21C. The molecule has 2 aliphatic heterocycles. The summed E-state index contributed by atoms with van der Waals surface area (Å²) >= 11 is 0. The Morgan fingerprint density at radius 2 is 1.59 bits per heavy atom. The standard InChI is InChI=1S/C38H62O11/c1-19-16-22(29(47-20(2)39)33(5,6)45-9)49-38(44)28(19)34(7)14-15-37-18-36(37)13-12-25(48-30-27(42)26(41)21(40)17-46-30)32(3,4)23(36)10-11-24(37)35(34,8)31(38)43/h19,21-31,40-44H,10-18H2,1-9H3. The van der Waals surface area contributed by atoms with E-state index < -0.39 is 65.7 Å². The molecule has 5 N–H and O–H groups in total. The molecule has 11 nitrogen and oxygen atoms in total. The first-order valence-corrected chi connectivity index (χ1v) is 18.8. The fourth-order valence-corrected chi connectivity index (χ4v) is 13.9. The van der Waals surface area contributed by atoms with Crippen molar-refractivity contribution in [2.24, 2.45) is 50.7 Å². The van der Waals surface area contributed by atoms with E-state index in [1.165, 1.54) is 6.92 Å². The van der Waals surface area contributed by atoms with Crippen molar-refractivity contribution >= 4 is 5.97 Å². The summed E-state index contributed by atoms with van der Waals surface area (Å²) in [5.74, 6) is -1.98. The number of carbonyl (C=O) groups is 1. The van der Waals surface area contributed by atoms with E-state index in [1.807, 2.05) is 13.8 Å². The highest BCUT2D eigenvalue weighted by Gasteiger charge is 2.87. The van der Waals surface area contributed by atoms with Crippen molar-refractivity contribution in [3.63, 3.8) is 0 Å². The second-order valence-corrected chi connectivity index (χ2v) is 18.9. The van der Waals surface area contributed by atoms with E-state index >= 15 is 0 Å². The molecule has 2 spiro atoms. The van der Waals surface area contributed by atoms with Gasteiger partial charge in [0.25, 0.3) is 0 Å². The van der Waals surface area contributed by atoms with Gasteiger partial charge in [-0.1, -0.05) is 34.6 Å². The zero-order chi connectivity index (χ0) is 35.9. The second kappa shape index (κ2) is 11.3. The summed E-state index contributed by atoms with van der Waals surface area (Å²) in [5.41, 5.74) is -1.95. The van der Waals surface area contributed by atoms with Crippen molar-refractivity contribution in [2.75, 3.05) is 13.7 Å². The van der Waals surface area contributed by atoms with Crippen LogP contribution in [0, 0.1) is 50.7 Å². The molecule has 0 aromatic heterocycles. The van der Waals surface area contributed by atoms with Crippen LogP contribution in [-0.2, 0) is 28.5 Å². The van der Waals surface area contributed by atoms with Crippen LogP contribution in [0.15, 0.2) is 0 Å². The van der Waals surface area contributed by atoms with Gasteiger partial charge in [0.1, 0.15) is 36.1 Å². The number of aliphatic hydroxyl groups excluding tert-OH is 4. The predicted octanol–water partition coefficient (Wildman–Crippen LogP) is 3.30. The first-order chi connectivity index (χ1) is 22.7. The van der Waals surface area contributed by atoms with E-state index in [1.54, 1.807) is 7.11 Å². The monoisotopic (exact) mass is 694 g/mol.